The Hall–Kier alpha value is -2.61. The molecular formula is C23H39FN2O5. The summed E-state index contributed by atoms with van der Waals surface area (Å²) in [6.07, 6.45) is 0.156. The number of carbonyl (C=O) groups excluding carboxylic acids is 2. The molecular weight excluding hydrogens is 403 g/mol. The summed E-state index contributed by atoms with van der Waals surface area (Å²) in [4.78, 5) is 24.4. The van der Waals surface area contributed by atoms with Gasteiger partial charge in [-0.25, -0.2) is 9.18 Å². The van der Waals surface area contributed by atoms with Crippen LogP contribution < -0.4 is 10.1 Å². The lowest BCUT2D eigenvalue weighted by Gasteiger charge is -2.20. The van der Waals surface area contributed by atoms with Crippen molar-refractivity contribution >= 4 is 12.0 Å². The van der Waals surface area contributed by atoms with E-state index in [-0.39, 0.29) is 38.0 Å². The van der Waals surface area contributed by atoms with Crippen LogP contribution >= 0.6 is 0 Å². The number of carbonyl (C=O) groups is 2. The van der Waals surface area contributed by atoms with Gasteiger partial charge in [-0.2, -0.15) is 0 Å². The van der Waals surface area contributed by atoms with Crippen molar-refractivity contribution in [3.8, 4) is 5.75 Å². The SMILES string of the molecule is C=CC(=O)N(C)CC(C)OC(=O)NCCOCCOc1cc(F)ccc1C.CC.CC. The van der Waals surface area contributed by atoms with Gasteiger partial charge in [-0.3, -0.25) is 4.79 Å². The van der Waals surface area contributed by atoms with Crippen molar-refractivity contribution in [2.24, 2.45) is 0 Å². The van der Waals surface area contributed by atoms with Gasteiger partial charge in [0.25, 0.3) is 0 Å². The van der Waals surface area contributed by atoms with Crippen LogP contribution in [0.3, 0.4) is 0 Å². The first-order valence-corrected chi connectivity index (χ1v) is 10.6. The largest absolute Gasteiger partial charge is 0.491 e. The maximum atomic E-state index is 13.1. The minimum Gasteiger partial charge on any atom is -0.491 e. The third-order valence-corrected chi connectivity index (χ3v) is 3.54. The number of halogens is 1. The van der Waals surface area contributed by atoms with Crippen LogP contribution in [-0.4, -0.2) is 63.0 Å². The Morgan fingerprint density at radius 2 is 1.84 bits per heavy atom. The Bertz CT molecular complexity index is 640. The quantitative estimate of drug-likeness (QED) is 0.407. The molecule has 0 aromatic heterocycles. The van der Waals surface area contributed by atoms with Gasteiger partial charge < -0.3 is 24.4 Å². The zero-order valence-electron chi connectivity index (χ0n) is 20.0. The number of hydrogen-bond acceptors (Lipinski definition) is 5. The Labute approximate surface area is 186 Å². The number of amides is 2. The van der Waals surface area contributed by atoms with Gasteiger partial charge in [-0.15, -0.1) is 0 Å². The average Bonchev–Trinajstić information content (AvgIpc) is 2.77. The first-order chi connectivity index (χ1) is 14.8. The Balaban J connectivity index is 0. The van der Waals surface area contributed by atoms with Crippen molar-refractivity contribution < 1.29 is 28.2 Å². The van der Waals surface area contributed by atoms with Crippen LogP contribution in [0.4, 0.5) is 9.18 Å². The molecule has 0 aliphatic rings. The summed E-state index contributed by atoms with van der Waals surface area (Å²) in [7, 11) is 1.60. The summed E-state index contributed by atoms with van der Waals surface area (Å²) >= 11 is 0. The molecule has 1 unspecified atom stereocenters. The standard InChI is InChI=1S/C19H27FN2O5.2C2H6/c1-5-18(23)22(4)13-15(3)27-19(24)21-8-9-25-10-11-26-17-12-16(20)7-6-14(17)2;2*1-2/h5-7,12,15H,1,8-11,13H2,2-4H3,(H,21,24);2*1-2H3. The molecule has 31 heavy (non-hydrogen) atoms. The number of ether oxygens (including phenoxy) is 3. The van der Waals surface area contributed by atoms with E-state index in [0.29, 0.717) is 12.4 Å². The summed E-state index contributed by atoms with van der Waals surface area (Å²) in [5.41, 5.74) is 0.843. The minimum absolute atomic E-state index is 0.241. The molecule has 0 aliphatic heterocycles. The van der Waals surface area contributed by atoms with E-state index in [0.717, 1.165) is 5.56 Å². The van der Waals surface area contributed by atoms with Crippen LogP contribution in [0.15, 0.2) is 30.9 Å². The topological polar surface area (TPSA) is 77.1 Å². The summed E-state index contributed by atoms with van der Waals surface area (Å²) in [6, 6.07) is 4.35. The number of hydrogen-bond donors (Lipinski definition) is 1. The lowest BCUT2D eigenvalue weighted by molar-refractivity contribution is -0.125. The third-order valence-electron chi connectivity index (χ3n) is 3.54. The molecule has 1 aromatic rings. The molecule has 1 N–H and O–H groups in total. The highest BCUT2D eigenvalue weighted by Crippen LogP contribution is 2.18. The Kier molecular flexibility index (Phi) is 19.1. The van der Waals surface area contributed by atoms with Gasteiger partial charge >= 0.3 is 6.09 Å². The second kappa shape index (κ2) is 19.4. The molecule has 178 valence electrons. The smallest absolute Gasteiger partial charge is 0.407 e. The van der Waals surface area contributed by atoms with Crippen LogP contribution in [0, 0.1) is 12.7 Å². The molecule has 8 heteroatoms. The number of aryl methyl sites for hydroxylation is 1. The number of alkyl carbamates (subject to hydrolysis) is 1. The van der Waals surface area contributed by atoms with Crippen LogP contribution in [0.25, 0.3) is 0 Å². The van der Waals surface area contributed by atoms with Crippen molar-refractivity contribution in [3.05, 3.63) is 42.2 Å². The molecule has 0 radical (unpaired) electrons. The number of nitrogens with one attached hydrogen (secondary N) is 1. The predicted molar refractivity (Wildman–Crippen MR) is 122 cm³/mol. The molecule has 0 bridgehead atoms. The van der Waals surface area contributed by atoms with Crippen LogP contribution in [0.1, 0.15) is 40.2 Å². The van der Waals surface area contributed by atoms with Crippen LogP contribution in [0.5, 0.6) is 5.75 Å². The Morgan fingerprint density at radius 1 is 1.19 bits per heavy atom. The molecule has 1 atom stereocenters. The summed E-state index contributed by atoms with van der Waals surface area (Å²) in [5, 5.41) is 2.56. The monoisotopic (exact) mass is 442 g/mol. The molecule has 2 amide bonds. The third kappa shape index (κ3) is 14.9. The second-order valence-corrected chi connectivity index (χ2v) is 5.94. The highest BCUT2D eigenvalue weighted by molar-refractivity contribution is 5.86. The second-order valence-electron chi connectivity index (χ2n) is 5.94. The maximum absolute atomic E-state index is 13.1. The van der Waals surface area contributed by atoms with E-state index in [4.69, 9.17) is 14.2 Å². The van der Waals surface area contributed by atoms with Gasteiger partial charge in [0.05, 0.1) is 19.8 Å². The molecule has 7 nitrogen and oxygen atoms in total. The number of likely N-dealkylation sites (N-methyl/N-ethyl adjacent to an activating group) is 1. The summed E-state index contributed by atoms with van der Waals surface area (Å²) < 4.78 is 29.0. The van der Waals surface area contributed by atoms with Crippen LogP contribution in [0.2, 0.25) is 0 Å². The number of rotatable bonds is 11. The fraction of sp³-hybridized carbons (Fsp3) is 0.565. The first-order valence-electron chi connectivity index (χ1n) is 10.6. The summed E-state index contributed by atoms with van der Waals surface area (Å²) in [6.45, 7) is 16.3. The van der Waals surface area contributed by atoms with E-state index < -0.39 is 12.2 Å². The minimum atomic E-state index is -0.586. The van der Waals surface area contributed by atoms with E-state index in [9.17, 15) is 14.0 Å². The first kappa shape index (κ1) is 30.6. The fourth-order valence-corrected chi connectivity index (χ4v) is 2.16. The lowest BCUT2D eigenvalue weighted by Crippen LogP contribution is -2.37. The van der Waals surface area contributed by atoms with Crippen LogP contribution in [-0.2, 0) is 14.3 Å². The van der Waals surface area contributed by atoms with Crippen molar-refractivity contribution in [1.29, 1.82) is 0 Å². The van der Waals surface area contributed by atoms with Gasteiger partial charge in [0.2, 0.25) is 5.91 Å². The fourth-order valence-electron chi connectivity index (χ4n) is 2.16. The normalized spacial score (nSPS) is 10.3. The average molecular weight is 443 g/mol. The van der Waals surface area contributed by atoms with Gasteiger partial charge in [-0.1, -0.05) is 40.3 Å². The van der Waals surface area contributed by atoms with Gasteiger partial charge in [0.1, 0.15) is 24.3 Å². The van der Waals surface area contributed by atoms with E-state index in [1.54, 1.807) is 20.0 Å². The highest BCUT2D eigenvalue weighted by Gasteiger charge is 2.13. The molecule has 1 rings (SSSR count). The molecule has 0 aliphatic carbocycles. The number of benzene rings is 1. The molecule has 0 saturated heterocycles. The van der Waals surface area contributed by atoms with Crippen molar-refractivity contribution in [2.45, 2.75) is 47.6 Å². The van der Waals surface area contributed by atoms with Gasteiger partial charge in [0, 0.05) is 19.7 Å². The van der Waals surface area contributed by atoms with Gasteiger partial charge in [-0.05, 0) is 31.6 Å². The zero-order chi connectivity index (χ0) is 24.2. The van der Waals surface area contributed by atoms with E-state index in [1.807, 2.05) is 34.6 Å². The zero-order valence-corrected chi connectivity index (χ0v) is 20.0. The number of nitrogens with zero attached hydrogens (tertiary/aromatic N) is 1. The molecule has 0 fully saturated rings. The highest BCUT2D eigenvalue weighted by atomic mass is 19.1. The molecule has 0 heterocycles. The van der Waals surface area contributed by atoms with E-state index in [2.05, 4.69) is 11.9 Å². The van der Waals surface area contributed by atoms with Gasteiger partial charge in [0.15, 0.2) is 0 Å². The van der Waals surface area contributed by atoms with Crippen molar-refractivity contribution in [1.82, 2.24) is 10.2 Å². The molecule has 0 saturated carbocycles. The predicted octanol–water partition coefficient (Wildman–Crippen LogP) is 4.34. The molecule has 0 spiro atoms. The van der Waals surface area contributed by atoms with Crippen molar-refractivity contribution in [2.75, 3.05) is 40.0 Å². The maximum Gasteiger partial charge on any atom is 0.407 e. The van der Waals surface area contributed by atoms with E-state index in [1.165, 1.54) is 23.1 Å². The van der Waals surface area contributed by atoms with Crippen molar-refractivity contribution in [3.63, 3.8) is 0 Å². The Morgan fingerprint density at radius 3 is 2.45 bits per heavy atom. The molecule has 1 aromatic carbocycles. The lowest BCUT2D eigenvalue weighted by atomic mass is 10.2. The van der Waals surface area contributed by atoms with E-state index >= 15 is 0 Å². The summed E-state index contributed by atoms with van der Waals surface area (Å²) in [5.74, 6) is -0.113.